The second kappa shape index (κ2) is 6.33. The third-order valence-electron chi connectivity index (χ3n) is 2.88. The zero-order valence-corrected chi connectivity index (χ0v) is 11.3. The molecule has 0 amide bonds. The fourth-order valence-electron chi connectivity index (χ4n) is 1.86. The van der Waals surface area contributed by atoms with Gasteiger partial charge in [-0.25, -0.2) is 0 Å². The monoisotopic (exact) mass is 261 g/mol. The van der Waals surface area contributed by atoms with Gasteiger partial charge in [-0.05, 0) is 37.6 Å². The second-order valence-electron chi connectivity index (χ2n) is 4.41. The lowest BCUT2D eigenvalue weighted by Gasteiger charge is -2.11. The van der Waals surface area contributed by atoms with E-state index in [-0.39, 0.29) is 11.8 Å². The Bertz CT molecular complexity index is 525. The first-order valence-corrected chi connectivity index (χ1v) is 6.60. The van der Waals surface area contributed by atoms with Crippen molar-refractivity contribution in [3.8, 4) is 17.2 Å². The molecule has 1 atom stereocenters. The molecule has 0 fully saturated rings. The minimum atomic E-state index is 0.0820. The highest BCUT2D eigenvalue weighted by atomic mass is 16.4. The zero-order valence-electron chi connectivity index (χ0n) is 11.3. The van der Waals surface area contributed by atoms with Crippen LogP contribution in [0.3, 0.4) is 0 Å². The smallest absolute Gasteiger partial charge is 0.247 e. The lowest BCUT2D eigenvalue weighted by molar-refractivity contribution is 0.396. The molecule has 19 heavy (non-hydrogen) atoms. The molecule has 0 aliphatic heterocycles. The van der Waals surface area contributed by atoms with Crippen LogP contribution < -0.4 is 5.32 Å². The van der Waals surface area contributed by atoms with Gasteiger partial charge in [0.25, 0.3) is 0 Å². The minimum absolute atomic E-state index is 0.0820. The van der Waals surface area contributed by atoms with Crippen molar-refractivity contribution in [1.82, 2.24) is 15.5 Å². The first kappa shape index (κ1) is 13.5. The summed E-state index contributed by atoms with van der Waals surface area (Å²) in [6, 6.07) is 6.88. The standard InChI is InChI=1S/C14H19N3O2/c1-3-8-15-12(4-2)14-17-16-13(19-14)10-6-5-7-11(18)9-10/h5-7,9,12,15,18H,3-4,8H2,1-2H3. The predicted octanol–water partition coefficient (Wildman–Crippen LogP) is 2.89. The number of benzene rings is 1. The number of phenols is 1. The van der Waals surface area contributed by atoms with Crippen molar-refractivity contribution in [2.24, 2.45) is 0 Å². The average Bonchev–Trinajstić information content (AvgIpc) is 2.89. The van der Waals surface area contributed by atoms with Crippen molar-refractivity contribution in [1.29, 1.82) is 0 Å². The molecule has 0 aliphatic rings. The van der Waals surface area contributed by atoms with E-state index in [1.807, 2.05) is 6.07 Å². The molecule has 1 aromatic carbocycles. The number of aromatic hydroxyl groups is 1. The third-order valence-corrected chi connectivity index (χ3v) is 2.88. The van der Waals surface area contributed by atoms with Gasteiger partial charge in [0, 0.05) is 5.56 Å². The van der Waals surface area contributed by atoms with E-state index in [0.717, 1.165) is 24.9 Å². The molecule has 2 N–H and O–H groups in total. The van der Waals surface area contributed by atoms with Gasteiger partial charge < -0.3 is 14.8 Å². The molecule has 0 radical (unpaired) electrons. The molecule has 0 saturated heterocycles. The third kappa shape index (κ3) is 3.32. The van der Waals surface area contributed by atoms with E-state index in [9.17, 15) is 5.11 Å². The summed E-state index contributed by atoms with van der Waals surface area (Å²) in [5.74, 6) is 1.21. The molecule has 1 unspecified atom stereocenters. The van der Waals surface area contributed by atoms with Crippen molar-refractivity contribution < 1.29 is 9.52 Å². The normalized spacial score (nSPS) is 12.5. The largest absolute Gasteiger partial charge is 0.508 e. The summed E-state index contributed by atoms with van der Waals surface area (Å²) in [6.07, 6.45) is 1.95. The van der Waals surface area contributed by atoms with E-state index in [4.69, 9.17) is 4.42 Å². The SMILES string of the molecule is CCCNC(CC)c1nnc(-c2cccc(O)c2)o1. The van der Waals surface area contributed by atoms with Gasteiger partial charge in [-0.3, -0.25) is 0 Å². The lowest BCUT2D eigenvalue weighted by Crippen LogP contribution is -2.21. The van der Waals surface area contributed by atoms with Crippen LogP contribution in [0.1, 0.15) is 38.6 Å². The Morgan fingerprint density at radius 2 is 2.16 bits per heavy atom. The van der Waals surface area contributed by atoms with Gasteiger partial charge in [-0.1, -0.05) is 19.9 Å². The summed E-state index contributed by atoms with van der Waals surface area (Å²) in [5.41, 5.74) is 0.726. The van der Waals surface area contributed by atoms with E-state index in [2.05, 4.69) is 29.4 Å². The molecule has 102 valence electrons. The number of aromatic nitrogens is 2. The van der Waals surface area contributed by atoms with Crippen LogP contribution in [0, 0.1) is 0 Å². The number of nitrogens with zero attached hydrogens (tertiary/aromatic N) is 2. The first-order chi connectivity index (χ1) is 9.24. The van der Waals surface area contributed by atoms with E-state index >= 15 is 0 Å². The van der Waals surface area contributed by atoms with Crippen LogP contribution in [0.25, 0.3) is 11.5 Å². The van der Waals surface area contributed by atoms with Crippen LogP contribution in [0.2, 0.25) is 0 Å². The van der Waals surface area contributed by atoms with Crippen LogP contribution in [0.15, 0.2) is 28.7 Å². The first-order valence-electron chi connectivity index (χ1n) is 6.60. The van der Waals surface area contributed by atoms with Gasteiger partial charge >= 0.3 is 0 Å². The molecule has 0 bridgehead atoms. The quantitative estimate of drug-likeness (QED) is 0.836. The van der Waals surface area contributed by atoms with Crippen LogP contribution in [0.4, 0.5) is 0 Å². The summed E-state index contributed by atoms with van der Waals surface area (Å²) in [6.45, 7) is 5.11. The Morgan fingerprint density at radius 1 is 1.32 bits per heavy atom. The highest BCUT2D eigenvalue weighted by Gasteiger charge is 2.16. The molecular weight excluding hydrogens is 242 g/mol. The number of nitrogens with one attached hydrogen (secondary N) is 1. The average molecular weight is 261 g/mol. The maximum atomic E-state index is 9.45. The Balaban J connectivity index is 2.18. The van der Waals surface area contributed by atoms with Gasteiger partial charge in [-0.2, -0.15) is 0 Å². The Morgan fingerprint density at radius 3 is 2.84 bits per heavy atom. The molecule has 0 spiro atoms. The van der Waals surface area contributed by atoms with Gasteiger partial charge in [0.05, 0.1) is 6.04 Å². The molecule has 0 aliphatic carbocycles. The van der Waals surface area contributed by atoms with Crippen LogP contribution in [0.5, 0.6) is 5.75 Å². The van der Waals surface area contributed by atoms with Crippen molar-refractivity contribution in [2.75, 3.05) is 6.54 Å². The van der Waals surface area contributed by atoms with Crippen LogP contribution in [-0.4, -0.2) is 21.8 Å². The fraction of sp³-hybridized carbons (Fsp3) is 0.429. The van der Waals surface area contributed by atoms with Gasteiger partial charge in [0.2, 0.25) is 11.8 Å². The van der Waals surface area contributed by atoms with Crippen molar-refractivity contribution in [2.45, 2.75) is 32.7 Å². The summed E-state index contributed by atoms with van der Waals surface area (Å²) in [7, 11) is 0. The second-order valence-corrected chi connectivity index (χ2v) is 4.41. The molecular formula is C14H19N3O2. The molecule has 1 aromatic heterocycles. The van der Waals surface area contributed by atoms with E-state index in [1.54, 1.807) is 18.2 Å². The van der Waals surface area contributed by atoms with Crippen molar-refractivity contribution in [3.63, 3.8) is 0 Å². The van der Waals surface area contributed by atoms with Crippen LogP contribution in [-0.2, 0) is 0 Å². The number of rotatable bonds is 6. The van der Waals surface area contributed by atoms with Crippen molar-refractivity contribution >= 4 is 0 Å². The minimum Gasteiger partial charge on any atom is -0.508 e. The zero-order chi connectivity index (χ0) is 13.7. The Labute approximate surface area is 112 Å². The molecule has 2 aromatic rings. The summed E-state index contributed by atoms with van der Waals surface area (Å²) < 4.78 is 5.68. The number of hydrogen-bond acceptors (Lipinski definition) is 5. The summed E-state index contributed by atoms with van der Waals surface area (Å²) >= 11 is 0. The summed E-state index contributed by atoms with van der Waals surface area (Å²) in [5, 5.41) is 20.9. The molecule has 5 heteroatoms. The van der Waals surface area contributed by atoms with Gasteiger partial charge in [-0.15, -0.1) is 10.2 Å². The van der Waals surface area contributed by atoms with Crippen LogP contribution >= 0.6 is 0 Å². The van der Waals surface area contributed by atoms with E-state index < -0.39 is 0 Å². The highest BCUT2D eigenvalue weighted by molar-refractivity contribution is 5.55. The lowest BCUT2D eigenvalue weighted by atomic mass is 10.2. The molecule has 5 nitrogen and oxygen atoms in total. The molecule has 2 rings (SSSR count). The highest BCUT2D eigenvalue weighted by Crippen LogP contribution is 2.24. The fourth-order valence-corrected chi connectivity index (χ4v) is 1.86. The molecule has 0 saturated carbocycles. The van der Waals surface area contributed by atoms with E-state index in [1.165, 1.54) is 0 Å². The Hall–Kier alpha value is -1.88. The Kier molecular flexibility index (Phi) is 4.52. The molecule has 1 heterocycles. The van der Waals surface area contributed by atoms with E-state index in [0.29, 0.717) is 11.8 Å². The number of hydrogen-bond donors (Lipinski definition) is 2. The van der Waals surface area contributed by atoms with Gasteiger partial charge in [0.15, 0.2) is 0 Å². The summed E-state index contributed by atoms with van der Waals surface area (Å²) in [4.78, 5) is 0. The topological polar surface area (TPSA) is 71.2 Å². The van der Waals surface area contributed by atoms with Crippen molar-refractivity contribution in [3.05, 3.63) is 30.2 Å². The number of phenolic OH excluding ortho intramolecular Hbond substituents is 1. The van der Waals surface area contributed by atoms with Gasteiger partial charge in [0.1, 0.15) is 5.75 Å². The maximum absolute atomic E-state index is 9.45. The maximum Gasteiger partial charge on any atom is 0.247 e. The predicted molar refractivity (Wildman–Crippen MR) is 72.7 cm³/mol.